The molecule has 2 N–H and O–H groups in total. The highest BCUT2D eigenvalue weighted by Gasteiger charge is 2.16. The zero-order valence-electron chi connectivity index (χ0n) is 13.1. The van der Waals surface area contributed by atoms with E-state index in [-0.39, 0.29) is 19.1 Å². The van der Waals surface area contributed by atoms with Crippen molar-refractivity contribution in [1.29, 1.82) is 0 Å². The van der Waals surface area contributed by atoms with E-state index in [2.05, 4.69) is 10.9 Å². The molecule has 1 heterocycles. The Balaban J connectivity index is 1.41. The van der Waals surface area contributed by atoms with Gasteiger partial charge < -0.3 is 9.47 Å². The number of halogens is 1. The molecule has 0 bridgehead atoms. The summed E-state index contributed by atoms with van der Waals surface area (Å²) in [5, 5.41) is 0.674. The van der Waals surface area contributed by atoms with Crippen molar-refractivity contribution in [3.8, 4) is 11.5 Å². The summed E-state index contributed by atoms with van der Waals surface area (Å²) in [5.41, 5.74) is 5.16. The highest BCUT2D eigenvalue weighted by molar-refractivity contribution is 7.99. The van der Waals surface area contributed by atoms with Crippen molar-refractivity contribution in [2.45, 2.75) is 11.3 Å². The van der Waals surface area contributed by atoms with Crippen molar-refractivity contribution < 1.29 is 19.1 Å². The molecule has 2 aromatic rings. The SMILES string of the molecule is O=C(CCSc1ccc(Cl)cc1)NNC(=O)c1ccc2c(c1)OCO2. The van der Waals surface area contributed by atoms with Crippen LogP contribution < -0.4 is 20.3 Å². The summed E-state index contributed by atoms with van der Waals surface area (Å²) in [5.74, 6) is 1.01. The van der Waals surface area contributed by atoms with Gasteiger partial charge in [-0.05, 0) is 42.5 Å². The maximum Gasteiger partial charge on any atom is 0.269 e. The summed E-state index contributed by atoms with van der Waals surface area (Å²) in [4.78, 5) is 24.9. The second-order valence-electron chi connectivity index (χ2n) is 5.12. The zero-order chi connectivity index (χ0) is 17.6. The lowest BCUT2D eigenvalue weighted by molar-refractivity contribution is -0.121. The number of benzene rings is 2. The lowest BCUT2D eigenvalue weighted by Gasteiger charge is -2.08. The summed E-state index contributed by atoms with van der Waals surface area (Å²) in [7, 11) is 0. The number of nitrogens with one attached hydrogen (secondary N) is 2. The van der Waals surface area contributed by atoms with Crippen LogP contribution in [0.25, 0.3) is 0 Å². The molecule has 1 aliphatic rings. The van der Waals surface area contributed by atoms with E-state index in [1.54, 1.807) is 30.3 Å². The van der Waals surface area contributed by atoms with E-state index < -0.39 is 5.91 Å². The van der Waals surface area contributed by atoms with Gasteiger partial charge >= 0.3 is 0 Å². The third kappa shape index (κ3) is 4.80. The minimum Gasteiger partial charge on any atom is -0.454 e. The molecule has 0 spiro atoms. The molecule has 0 aliphatic carbocycles. The fourth-order valence-electron chi connectivity index (χ4n) is 2.09. The lowest BCUT2D eigenvalue weighted by atomic mass is 10.2. The summed E-state index contributed by atoms with van der Waals surface area (Å²) < 4.78 is 10.4. The quantitative estimate of drug-likeness (QED) is 0.617. The van der Waals surface area contributed by atoms with Gasteiger partial charge in [0.05, 0.1) is 0 Å². The van der Waals surface area contributed by atoms with Gasteiger partial charge in [-0.2, -0.15) is 0 Å². The second kappa shape index (κ2) is 8.13. The van der Waals surface area contributed by atoms with Gasteiger partial charge in [0.15, 0.2) is 11.5 Å². The van der Waals surface area contributed by atoms with Crippen molar-refractivity contribution in [2.24, 2.45) is 0 Å². The molecule has 1 aliphatic heterocycles. The highest BCUT2D eigenvalue weighted by atomic mass is 35.5. The monoisotopic (exact) mass is 378 g/mol. The minimum atomic E-state index is -0.419. The van der Waals surface area contributed by atoms with E-state index in [4.69, 9.17) is 21.1 Å². The normalized spacial score (nSPS) is 11.9. The molecule has 6 nitrogen and oxygen atoms in total. The average molecular weight is 379 g/mol. The van der Waals surface area contributed by atoms with Gasteiger partial charge in [0.2, 0.25) is 12.7 Å². The molecule has 0 atom stereocenters. The van der Waals surface area contributed by atoms with E-state index in [1.165, 1.54) is 11.8 Å². The number of carbonyl (C=O) groups is 2. The number of thioether (sulfide) groups is 1. The Morgan fingerprint density at radius 3 is 2.60 bits per heavy atom. The number of amides is 2. The smallest absolute Gasteiger partial charge is 0.269 e. The second-order valence-corrected chi connectivity index (χ2v) is 6.73. The van der Waals surface area contributed by atoms with Gasteiger partial charge in [0.1, 0.15) is 0 Å². The number of hydrogen-bond acceptors (Lipinski definition) is 5. The standard InChI is InChI=1S/C17H15ClN2O4S/c18-12-2-4-13(5-3-12)25-8-7-16(21)19-20-17(22)11-1-6-14-15(9-11)24-10-23-14/h1-6,9H,7-8,10H2,(H,19,21)(H,20,22). The molecular formula is C17H15ClN2O4S. The van der Waals surface area contributed by atoms with Crippen LogP contribution in [0.15, 0.2) is 47.4 Å². The Morgan fingerprint density at radius 2 is 1.80 bits per heavy atom. The first kappa shape index (κ1) is 17.4. The third-order valence-corrected chi connectivity index (χ3v) is 4.63. The van der Waals surface area contributed by atoms with Crippen LogP contribution in [0.5, 0.6) is 11.5 Å². The summed E-state index contributed by atoms with van der Waals surface area (Å²) >= 11 is 7.36. The van der Waals surface area contributed by atoms with Crippen LogP contribution in [0.2, 0.25) is 5.02 Å². The van der Waals surface area contributed by atoms with Gasteiger partial charge in [-0.25, -0.2) is 0 Å². The van der Waals surface area contributed by atoms with Crippen molar-refractivity contribution in [3.63, 3.8) is 0 Å². The first-order valence-corrected chi connectivity index (χ1v) is 8.85. The number of ether oxygens (including phenoxy) is 2. The average Bonchev–Trinajstić information content (AvgIpc) is 3.09. The topological polar surface area (TPSA) is 76.7 Å². The van der Waals surface area contributed by atoms with E-state index in [1.807, 2.05) is 12.1 Å². The molecule has 0 fully saturated rings. The number of rotatable bonds is 5. The van der Waals surface area contributed by atoms with Gasteiger partial charge in [-0.3, -0.25) is 20.4 Å². The molecule has 3 rings (SSSR count). The first-order valence-electron chi connectivity index (χ1n) is 7.49. The van der Waals surface area contributed by atoms with Gasteiger partial charge in [0, 0.05) is 27.7 Å². The molecule has 8 heteroatoms. The number of hydrogen-bond donors (Lipinski definition) is 2. The predicted molar refractivity (Wildman–Crippen MR) is 95.0 cm³/mol. The van der Waals surface area contributed by atoms with Crippen LogP contribution in [0.3, 0.4) is 0 Å². The Morgan fingerprint density at radius 1 is 1.04 bits per heavy atom. The van der Waals surface area contributed by atoms with Crippen LogP contribution >= 0.6 is 23.4 Å². The summed E-state index contributed by atoms with van der Waals surface area (Å²) in [6, 6.07) is 12.2. The van der Waals surface area contributed by atoms with Gasteiger partial charge in [-0.1, -0.05) is 11.6 Å². The van der Waals surface area contributed by atoms with Crippen molar-refractivity contribution in [3.05, 3.63) is 53.1 Å². The fraction of sp³-hybridized carbons (Fsp3) is 0.176. The first-order chi connectivity index (χ1) is 12.1. The Kier molecular flexibility index (Phi) is 5.67. The van der Waals surface area contributed by atoms with Crippen LogP contribution in [0, 0.1) is 0 Å². The number of hydrazine groups is 1. The predicted octanol–water partition coefficient (Wildman–Crippen LogP) is 3.01. The molecule has 0 aromatic heterocycles. The van der Waals surface area contributed by atoms with Crippen LogP contribution in [0.1, 0.15) is 16.8 Å². The molecule has 0 saturated heterocycles. The third-order valence-electron chi connectivity index (χ3n) is 3.36. The maximum absolute atomic E-state index is 12.0. The Hall–Kier alpha value is -2.38. The van der Waals surface area contributed by atoms with Crippen LogP contribution in [-0.4, -0.2) is 24.4 Å². The number of fused-ring (bicyclic) bond motifs is 1. The summed E-state index contributed by atoms with van der Waals surface area (Å²) in [6.45, 7) is 0.141. The lowest BCUT2D eigenvalue weighted by Crippen LogP contribution is -2.41. The molecular weight excluding hydrogens is 364 g/mol. The Bertz CT molecular complexity index is 783. The van der Waals surface area contributed by atoms with Crippen LogP contribution in [0.4, 0.5) is 0 Å². The van der Waals surface area contributed by atoms with E-state index in [9.17, 15) is 9.59 Å². The van der Waals surface area contributed by atoms with Crippen molar-refractivity contribution >= 4 is 35.2 Å². The van der Waals surface area contributed by atoms with E-state index >= 15 is 0 Å². The molecule has 25 heavy (non-hydrogen) atoms. The largest absolute Gasteiger partial charge is 0.454 e. The zero-order valence-corrected chi connectivity index (χ0v) is 14.7. The van der Waals surface area contributed by atoms with Crippen molar-refractivity contribution in [2.75, 3.05) is 12.5 Å². The molecule has 130 valence electrons. The molecule has 0 radical (unpaired) electrons. The minimum absolute atomic E-state index is 0.141. The van der Waals surface area contributed by atoms with E-state index in [0.717, 1.165) is 4.90 Å². The molecule has 0 saturated carbocycles. The van der Waals surface area contributed by atoms with Gasteiger partial charge in [-0.15, -0.1) is 11.8 Å². The maximum atomic E-state index is 12.0. The van der Waals surface area contributed by atoms with Crippen LogP contribution in [-0.2, 0) is 4.79 Å². The summed E-state index contributed by atoms with van der Waals surface area (Å²) in [6.07, 6.45) is 0.273. The highest BCUT2D eigenvalue weighted by Crippen LogP contribution is 2.32. The number of carbonyl (C=O) groups excluding carboxylic acids is 2. The van der Waals surface area contributed by atoms with Gasteiger partial charge in [0.25, 0.3) is 5.91 Å². The Labute approximate surface area is 153 Å². The molecule has 2 amide bonds. The van der Waals surface area contributed by atoms with E-state index in [0.29, 0.717) is 27.8 Å². The van der Waals surface area contributed by atoms with Crippen molar-refractivity contribution in [1.82, 2.24) is 10.9 Å². The fourth-order valence-corrected chi connectivity index (χ4v) is 3.07. The molecule has 0 unspecified atom stereocenters. The molecule has 2 aromatic carbocycles.